The van der Waals surface area contributed by atoms with Gasteiger partial charge < -0.3 is 0 Å². The quantitative estimate of drug-likeness (QED) is 0.125. The van der Waals surface area contributed by atoms with E-state index in [0.29, 0.717) is 5.56 Å². The SMILES string of the molecule is Cc1ccc(S(=O)(=O)OCCCCC(F)(F)C(F)(F)C(F)(F)C(F)(F)C(F)(F)C(F)(F)C(F)(F)C(F)(F)F)cc1. The highest BCUT2D eigenvalue weighted by Gasteiger charge is 2.95. The average molecular weight is 646 g/mol. The third-order valence-corrected chi connectivity index (χ3v) is 6.55. The highest BCUT2D eigenvalue weighted by atomic mass is 32.2. The van der Waals surface area contributed by atoms with Crippen molar-refractivity contribution in [1.82, 2.24) is 0 Å². The number of rotatable bonds is 13. The molecule has 0 unspecified atom stereocenters. The van der Waals surface area contributed by atoms with Crippen molar-refractivity contribution in [2.75, 3.05) is 6.61 Å². The van der Waals surface area contributed by atoms with Crippen LogP contribution in [0.3, 0.4) is 0 Å². The molecule has 0 atom stereocenters. The van der Waals surface area contributed by atoms with Crippen LogP contribution in [0.15, 0.2) is 29.2 Å². The third kappa shape index (κ3) is 5.80. The molecule has 1 rings (SSSR count). The first-order chi connectivity index (χ1) is 17.5. The number of alkyl halides is 17. The van der Waals surface area contributed by atoms with Gasteiger partial charge in [0.1, 0.15) is 0 Å². The Morgan fingerprint density at radius 1 is 0.575 bits per heavy atom. The molecule has 0 fully saturated rings. The Kier molecular flexibility index (Phi) is 9.57. The van der Waals surface area contributed by atoms with Crippen molar-refractivity contribution >= 4 is 10.1 Å². The fourth-order valence-electron chi connectivity index (χ4n) is 2.74. The van der Waals surface area contributed by atoms with E-state index in [9.17, 15) is 83.1 Å². The van der Waals surface area contributed by atoms with Crippen LogP contribution >= 0.6 is 0 Å². The molecule has 0 spiro atoms. The highest BCUT2D eigenvalue weighted by Crippen LogP contribution is 2.64. The topological polar surface area (TPSA) is 43.4 Å². The maximum absolute atomic E-state index is 13.8. The van der Waals surface area contributed by atoms with Crippen molar-refractivity contribution in [3.63, 3.8) is 0 Å². The summed E-state index contributed by atoms with van der Waals surface area (Å²) in [5.74, 6) is -56.7. The molecular weight excluding hydrogens is 631 g/mol. The lowest BCUT2D eigenvalue weighted by molar-refractivity contribution is -0.461. The van der Waals surface area contributed by atoms with Crippen molar-refractivity contribution in [3.8, 4) is 0 Å². The van der Waals surface area contributed by atoms with E-state index in [2.05, 4.69) is 4.18 Å². The van der Waals surface area contributed by atoms with Gasteiger partial charge in [0.2, 0.25) is 0 Å². The van der Waals surface area contributed by atoms with Gasteiger partial charge in [-0.3, -0.25) is 4.18 Å². The molecule has 0 aliphatic carbocycles. The second-order valence-electron chi connectivity index (χ2n) is 8.19. The van der Waals surface area contributed by atoms with Gasteiger partial charge in [-0.25, -0.2) is 0 Å². The Hall–Kier alpha value is -2.06. The summed E-state index contributed by atoms with van der Waals surface area (Å²) in [5, 5.41) is 0. The predicted molar refractivity (Wildman–Crippen MR) is 98.9 cm³/mol. The van der Waals surface area contributed by atoms with Gasteiger partial charge in [0.15, 0.2) is 0 Å². The molecule has 0 heterocycles. The van der Waals surface area contributed by atoms with Gasteiger partial charge in [0.25, 0.3) is 10.1 Å². The van der Waals surface area contributed by atoms with Crippen LogP contribution in [0.25, 0.3) is 0 Å². The lowest BCUT2D eigenvalue weighted by Crippen LogP contribution is -2.74. The van der Waals surface area contributed by atoms with E-state index in [-0.39, 0.29) is 0 Å². The van der Waals surface area contributed by atoms with Gasteiger partial charge in [-0.1, -0.05) is 17.7 Å². The summed E-state index contributed by atoms with van der Waals surface area (Å²) >= 11 is 0. The van der Waals surface area contributed by atoms with Crippen molar-refractivity contribution in [3.05, 3.63) is 29.8 Å². The molecule has 0 radical (unpaired) electrons. The Morgan fingerprint density at radius 3 is 1.35 bits per heavy atom. The van der Waals surface area contributed by atoms with Gasteiger partial charge in [0, 0.05) is 6.42 Å². The van der Waals surface area contributed by atoms with Crippen molar-refractivity contribution in [1.29, 1.82) is 0 Å². The minimum absolute atomic E-state index is 0.481. The standard InChI is InChI=1S/C19H15F17O3S/c1-10-4-6-11(7-5-10)40(37,38)39-9-3-2-8-12(20,21)13(22,23)14(24,25)15(26,27)16(28,29)17(30,31)18(32,33)19(34,35)36/h4-7H,2-3,8-9H2,1H3. The highest BCUT2D eigenvalue weighted by molar-refractivity contribution is 7.86. The van der Waals surface area contributed by atoms with Crippen molar-refractivity contribution in [2.45, 2.75) is 78.7 Å². The first-order valence-electron chi connectivity index (χ1n) is 10.1. The van der Waals surface area contributed by atoms with E-state index in [1.807, 2.05) is 0 Å². The first kappa shape index (κ1) is 36.0. The average Bonchev–Trinajstić information content (AvgIpc) is 2.77. The first-order valence-corrected chi connectivity index (χ1v) is 11.5. The minimum atomic E-state index is -8.68. The van der Waals surface area contributed by atoms with E-state index in [1.54, 1.807) is 6.92 Å². The van der Waals surface area contributed by atoms with E-state index in [0.717, 1.165) is 12.1 Å². The monoisotopic (exact) mass is 646 g/mol. The number of halogens is 17. The fraction of sp³-hybridized carbons (Fsp3) is 0.684. The predicted octanol–water partition coefficient (Wildman–Crippen LogP) is 7.88. The van der Waals surface area contributed by atoms with Gasteiger partial charge >= 0.3 is 47.6 Å². The second kappa shape index (κ2) is 10.6. The van der Waals surface area contributed by atoms with Gasteiger partial charge in [-0.2, -0.15) is 83.1 Å². The molecule has 21 heteroatoms. The summed E-state index contributed by atoms with van der Waals surface area (Å²) in [6.45, 7) is 0.443. The van der Waals surface area contributed by atoms with E-state index < -0.39 is 88.5 Å². The zero-order valence-corrected chi connectivity index (χ0v) is 20.0. The Labute approximate surface area is 213 Å². The molecule has 0 saturated carbocycles. The van der Waals surface area contributed by atoms with Crippen LogP contribution in [-0.4, -0.2) is 62.7 Å². The van der Waals surface area contributed by atoms with Crippen LogP contribution < -0.4 is 0 Å². The molecule has 0 aliphatic heterocycles. The number of hydrogen-bond acceptors (Lipinski definition) is 3. The second-order valence-corrected chi connectivity index (χ2v) is 9.81. The molecule has 40 heavy (non-hydrogen) atoms. The summed E-state index contributed by atoms with van der Waals surface area (Å²) in [4.78, 5) is -0.481. The molecule has 0 saturated heterocycles. The summed E-state index contributed by atoms with van der Waals surface area (Å²) in [7, 11) is -4.57. The number of aryl methyl sites for hydroxylation is 1. The lowest BCUT2D eigenvalue weighted by atomic mass is 9.88. The smallest absolute Gasteiger partial charge is 0.266 e. The summed E-state index contributed by atoms with van der Waals surface area (Å²) in [5.41, 5.74) is 0.583. The third-order valence-electron chi connectivity index (χ3n) is 5.22. The molecular formula is C19H15F17O3S. The van der Waals surface area contributed by atoms with Crippen LogP contribution in [-0.2, 0) is 14.3 Å². The molecule has 0 aromatic heterocycles. The van der Waals surface area contributed by atoms with E-state index in [1.165, 1.54) is 12.1 Å². The minimum Gasteiger partial charge on any atom is -0.266 e. The molecule has 1 aromatic rings. The van der Waals surface area contributed by atoms with Crippen molar-refractivity contribution < 1.29 is 87.2 Å². The maximum atomic E-state index is 13.8. The molecule has 1 aromatic carbocycles. The molecule has 3 nitrogen and oxygen atoms in total. The summed E-state index contributed by atoms with van der Waals surface area (Å²) < 4.78 is 253. The number of hydrogen-bond donors (Lipinski definition) is 0. The Morgan fingerprint density at radius 2 is 0.950 bits per heavy atom. The summed E-state index contributed by atoms with van der Waals surface area (Å²) in [6, 6.07) is 4.62. The van der Waals surface area contributed by atoms with Crippen LogP contribution in [0.1, 0.15) is 24.8 Å². The van der Waals surface area contributed by atoms with Crippen molar-refractivity contribution in [2.24, 2.45) is 0 Å². The number of benzene rings is 1. The van der Waals surface area contributed by atoms with E-state index >= 15 is 0 Å². The number of unbranched alkanes of at least 4 members (excludes halogenated alkanes) is 1. The molecule has 0 amide bonds. The van der Waals surface area contributed by atoms with Gasteiger partial charge in [0.05, 0.1) is 11.5 Å². The van der Waals surface area contributed by atoms with Crippen LogP contribution in [0, 0.1) is 6.92 Å². The fourth-order valence-corrected chi connectivity index (χ4v) is 3.69. The molecule has 0 aliphatic rings. The largest absolute Gasteiger partial charge is 0.460 e. The molecule has 0 N–H and O–H groups in total. The molecule has 234 valence electrons. The van der Waals surface area contributed by atoms with Crippen LogP contribution in [0.2, 0.25) is 0 Å². The molecule has 0 bridgehead atoms. The van der Waals surface area contributed by atoms with Gasteiger partial charge in [-0.15, -0.1) is 0 Å². The zero-order valence-electron chi connectivity index (χ0n) is 19.2. The zero-order chi connectivity index (χ0) is 32.0. The Bertz CT molecular complexity index is 1130. The lowest BCUT2D eigenvalue weighted by Gasteiger charge is -2.42. The Balaban J connectivity index is 3.12. The van der Waals surface area contributed by atoms with Crippen LogP contribution in [0.5, 0.6) is 0 Å². The van der Waals surface area contributed by atoms with E-state index in [4.69, 9.17) is 0 Å². The summed E-state index contributed by atoms with van der Waals surface area (Å²) in [6.07, 6.45) is -13.0. The normalized spacial score (nSPS) is 15.4. The van der Waals surface area contributed by atoms with Crippen LogP contribution in [0.4, 0.5) is 74.6 Å². The van der Waals surface area contributed by atoms with Gasteiger partial charge in [-0.05, 0) is 31.9 Å². The maximum Gasteiger partial charge on any atom is 0.460 e.